The van der Waals surface area contributed by atoms with E-state index < -0.39 is 0 Å². The average Bonchev–Trinajstić information content (AvgIpc) is 2.21. The fourth-order valence-corrected chi connectivity index (χ4v) is 2.42. The van der Waals surface area contributed by atoms with Gasteiger partial charge >= 0.3 is 0 Å². The lowest BCUT2D eigenvalue weighted by atomic mass is 10.1. The maximum Gasteiger partial charge on any atom is 0.252 e. The van der Waals surface area contributed by atoms with E-state index in [0.29, 0.717) is 0 Å². The monoisotopic (exact) mass is 395 g/mol. The van der Waals surface area contributed by atoms with Crippen LogP contribution in [-0.4, -0.2) is 11.9 Å². The number of carbonyl (C=O) groups excluding carboxylic acids is 1. The summed E-state index contributed by atoms with van der Waals surface area (Å²) in [6.07, 6.45) is 2.09. The summed E-state index contributed by atoms with van der Waals surface area (Å²) in [6, 6.07) is 5.96. The first-order valence-corrected chi connectivity index (χ1v) is 7.17. The first kappa shape index (κ1) is 14.0. The Hall–Kier alpha value is -0.100. The van der Waals surface area contributed by atoms with Gasteiger partial charge in [-0.15, -0.1) is 0 Å². The predicted octanol–water partition coefficient (Wildman–Crippen LogP) is 3.97. The fraction of sp³-hybridized carbons (Fsp3) is 0.417. The molecule has 0 aromatic heterocycles. The number of amides is 1. The van der Waals surface area contributed by atoms with Crippen LogP contribution in [0.2, 0.25) is 0 Å². The molecule has 0 radical (unpaired) electrons. The van der Waals surface area contributed by atoms with E-state index in [4.69, 9.17) is 0 Å². The highest BCUT2D eigenvalue weighted by Gasteiger charge is 2.12. The van der Waals surface area contributed by atoms with Crippen LogP contribution in [0.15, 0.2) is 22.7 Å². The molecule has 0 saturated carbocycles. The molecule has 88 valence electrons. The average molecular weight is 396 g/mol. The number of hydrogen-bond acceptors (Lipinski definition) is 1. The van der Waals surface area contributed by atoms with Gasteiger partial charge in [0.2, 0.25) is 0 Å². The Morgan fingerprint density at radius 2 is 2.25 bits per heavy atom. The van der Waals surface area contributed by atoms with Crippen LogP contribution in [0.25, 0.3) is 0 Å². The van der Waals surface area contributed by atoms with E-state index in [1.54, 1.807) is 0 Å². The number of benzene rings is 1. The van der Waals surface area contributed by atoms with Crippen LogP contribution in [0.3, 0.4) is 0 Å². The molecule has 1 rings (SSSR count). The lowest BCUT2D eigenvalue weighted by Crippen LogP contribution is -2.32. The molecule has 0 heterocycles. The zero-order chi connectivity index (χ0) is 12.1. The van der Waals surface area contributed by atoms with Gasteiger partial charge in [-0.05, 0) is 54.1 Å². The van der Waals surface area contributed by atoms with E-state index in [0.717, 1.165) is 26.4 Å². The third-order valence-electron chi connectivity index (χ3n) is 2.27. The quantitative estimate of drug-likeness (QED) is 0.767. The molecule has 1 aromatic rings. The van der Waals surface area contributed by atoms with Crippen molar-refractivity contribution in [3.05, 3.63) is 31.8 Å². The van der Waals surface area contributed by atoms with Gasteiger partial charge < -0.3 is 5.32 Å². The van der Waals surface area contributed by atoms with E-state index in [1.807, 2.05) is 25.1 Å². The standard InChI is InChI=1S/C12H15BrINO/c1-3-4-8(2)15-12(16)10-7-9(13)5-6-11(10)14/h5-8H,3-4H2,1-2H3,(H,15,16). The van der Waals surface area contributed by atoms with Gasteiger partial charge in [-0.2, -0.15) is 0 Å². The van der Waals surface area contributed by atoms with E-state index in [2.05, 4.69) is 50.8 Å². The summed E-state index contributed by atoms with van der Waals surface area (Å²) in [5, 5.41) is 3.00. The second-order valence-corrected chi connectivity index (χ2v) is 5.87. The molecule has 1 unspecified atom stereocenters. The Morgan fingerprint density at radius 1 is 1.56 bits per heavy atom. The molecule has 16 heavy (non-hydrogen) atoms. The molecule has 0 aliphatic rings. The second kappa shape index (κ2) is 6.59. The summed E-state index contributed by atoms with van der Waals surface area (Å²) >= 11 is 5.56. The predicted molar refractivity (Wildman–Crippen MR) is 78.7 cm³/mol. The highest BCUT2D eigenvalue weighted by Crippen LogP contribution is 2.18. The van der Waals surface area contributed by atoms with Gasteiger partial charge in [0.25, 0.3) is 5.91 Å². The van der Waals surface area contributed by atoms with E-state index in [9.17, 15) is 4.79 Å². The van der Waals surface area contributed by atoms with Crippen molar-refractivity contribution in [3.8, 4) is 0 Å². The maximum absolute atomic E-state index is 12.0. The molecule has 1 aromatic carbocycles. The molecule has 1 atom stereocenters. The number of halogens is 2. The molecule has 1 amide bonds. The van der Waals surface area contributed by atoms with E-state index >= 15 is 0 Å². The Balaban J connectivity index is 2.76. The van der Waals surface area contributed by atoms with Crippen LogP contribution in [0.4, 0.5) is 0 Å². The van der Waals surface area contributed by atoms with Crippen LogP contribution in [0.1, 0.15) is 37.0 Å². The van der Waals surface area contributed by atoms with Gasteiger partial charge in [-0.1, -0.05) is 29.3 Å². The third kappa shape index (κ3) is 4.05. The first-order chi connectivity index (χ1) is 7.54. The van der Waals surface area contributed by atoms with Crippen LogP contribution in [0.5, 0.6) is 0 Å². The second-order valence-electron chi connectivity index (χ2n) is 3.79. The van der Waals surface area contributed by atoms with Crippen molar-refractivity contribution in [1.82, 2.24) is 5.32 Å². The van der Waals surface area contributed by atoms with Crippen molar-refractivity contribution in [3.63, 3.8) is 0 Å². The largest absolute Gasteiger partial charge is 0.350 e. The summed E-state index contributed by atoms with van der Waals surface area (Å²) < 4.78 is 1.91. The molecular formula is C12H15BrINO. The van der Waals surface area contributed by atoms with Gasteiger partial charge in [0.15, 0.2) is 0 Å². The molecule has 0 bridgehead atoms. The third-order valence-corrected chi connectivity index (χ3v) is 3.71. The molecule has 0 spiro atoms. The summed E-state index contributed by atoms with van der Waals surface area (Å²) in [5.41, 5.74) is 0.734. The Morgan fingerprint density at radius 3 is 2.88 bits per heavy atom. The Bertz CT molecular complexity index is 381. The van der Waals surface area contributed by atoms with Gasteiger partial charge in [0.1, 0.15) is 0 Å². The number of carbonyl (C=O) groups is 1. The van der Waals surface area contributed by atoms with Crippen LogP contribution in [0, 0.1) is 3.57 Å². The van der Waals surface area contributed by atoms with Crippen LogP contribution in [-0.2, 0) is 0 Å². The van der Waals surface area contributed by atoms with Crippen LogP contribution >= 0.6 is 38.5 Å². The summed E-state index contributed by atoms with van der Waals surface area (Å²) in [4.78, 5) is 12.0. The smallest absolute Gasteiger partial charge is 0.252 e. The van der Waals surface area contributed by atoms with Gasteiger partial charge in [0, 0.05) is 14.1 Å². The molecule has 0 aliphatic carbocycles. The normalized spacial score (nSPS) is 12.2. The van der Waals surface area contributed by atoms with Gasteiger partial charge in [-0.3, -0.25) is 4.79 Å². The van der Waals surface area contributed by atoms with Crippen molar-refractivity contribution in [2.24, 2.45) is 0 Å². The summed E-state index contributed by atoms with van der Waals surface area (Å²) in [5.74, 6) is 0.00616. The highest BCUT2D eigenvalue weighted by molar-refractivity contribution is 14.1. The van der Waals surface area contributed by atoms with Crippen molar-refractivity contribution in [2.45, 2.75) is 32.7 Å². The van der Waals surface area contributed by atoms with Crippen molar-refractivity contribution in [1.29, 1.82) is 0 Å². The topological polar surface area (TPSA) is 29.1 Å². The zero-order valence-electron chi connectivity index (χ0n) is 9.39. The maximum atomic E-state index is 12.0. The van der Waals surface area contributed by atoms with Crippen molar-refractivity contribution >= 4 is 44.4 Å². The van der Waals surface area contributed by atoms with Gasteiger partial charge in [0.05, 0.1) is 5.56 Å². The molecule has 0 saturated heterocycles. The minimum Gasteiger partial charge on any atom is -0.350 e. The van der Waals surface area contributed by atoms with Crippen LogP contribution < -0.4 is 5.32 Å². The fourth-order valence-electron chi connectivity index (χ4n) is 1.48. The lowest BCUT2D eigenvalue weighted by Gasteiger charge is -2.13. The van der Waals surface area contributed by atoms with E-state index in [-0.39, 0.29) is 11.9 Å². The number of nitrogens with one attached hydrogen (secondary N) is 1. The zero-order valence-corrected chi connectivity index (χ0v) is 13.1. The Labute approximate surface area is 118 Å². The molecule has 0 aliphatic heterocycles. The highest BCUT2D eigenvalue weighted by atomic mass is 127. The number of rotatable bonds is 4. The molecule has 1 N–H and O–H groups in total. The Kier molecular flexibility index (Phi) is 5.75. The molecule has 2 nitrogen and oxygen atoms in total. The summed E-state index contributed by atoms with van der Waals surface area (Å²) in [7, 11) is 0. The van der Waals surface area contributed by atoms with E-state index in [1.165, 1.54) is 0 Å². The van der Waals surface area contributed by atoms with Gasteiger partial charge in [-0.25, -0.2) is 0 Å². The summed E-state index contributed by atoms with van der Waals surface area (Å²) in [6.45, 7) is 4.15. The first-order valence-electron chi connectivity index (χ1n) is 5.30. The lowest BCUT2D eigenvalue weighted by molar-refractivity contribution is 0.0937. The SMILES string of the molecule is CCCC(C)NC(=O)c1cc(Br)ccc1I. The molecular weight excluding hydrogens is 381 g/mol. The van der Waals surface area contributed by atoms with Crippen molar-refractivity contribution < 1.29 is 4.79 Å². The minimum atomic E-state index is 0.00616. The number of hydrogen-bond donors (Lipinski definition) is 1. The molecule has 4 heteroatoms. The van der Waals surface area contributed by atoms with Crippen molar-refractivity contribution in [2.75, 3.05) is 0 Å². The minimum absolute atomic E-state index is 0.00616. The molecule has 0 fully saturated rings.